The summed E-state index contributed by atoms with van der Waals surface area (Å²) in [6.45, 7) is 8.39. The molecular formula is C23H27N5O3S. The summed E-state index contributed by atoms with van der Waals surface area (Å²) in [5.41, 5.74) is 2.39. The predicted octanol–water partition coefficient (Wildman–Crippen LogP) is 4.22. The summed E-state index contributed by atoms with van der Waals surface area (Å²) in [5, 5.41) is 14.9. The number of hydrogen-bond donors (Lipinski definition) is 1. The molecule has 0 radical (unpaired) electrons. The van der Waals surface area contributed by atoms with Gasteiger partial charge < -0.3 is 10.2 Å². The van der Waals surface area contributed by atoms with Gasteiger partial charge in [-0.2, -0.15) is 0 Å². The van der Waals surface area contributed by atoms with E-state index in [-0.39, 0.29) is 17.6 Å². The minimum atomic E-state index is -0.435. The van der Waals surface area contributed by atoms with Crippen LogP contribution in [0.3, 0.4) is 0 Å². The fourth-order valence-electron chi connectivity index (χ4n) is 3.97. The zero-order chi connectivity index (χ0) is 22.7. The van der Waals surface area contributed by atoms with E-state index >= 15 is 0 Å². The highest BCUT2D eigenvalue weighted by molar-refractivity contribution is 7.18. The molecule has 1 aliphatic rings. The zero-order valence-electron chi connectivity index (χ0n) is 18.3. The molecule has 1 saturated heterocycles. The first-order valence-electron chi connectivity index (χ1n) is 10.8. The van der Waals surface area contributed by atoms with E-state index in [1.165, 1.54) is 16.8 Å². The second-order valence-electron chi connectivity index (χ2n) is 8.13. The van der Waals surface area contributed by atoms with Gasteiger partial charge in [0, 0.05) is 57.0 Å². The lowest BCUT2D eigenvalue weighted by Crippen LogP contribution is -2.47. The lowest BCUT2D eigenvalue weighted by molar-refractivity contribution is -0.384. The lowest BCUT2D eigenvalue weighted by atomic mass is 10.1. The number of thiazole rings is 1. The fraction of sp³-hybridized carbons (Fsp3) is 0.391. The van der Waals surface area contributed by atoms with Gasteiger partial charge in [0.1, 0.15) is 5.01 Å². The van der Waals surface area contributed by atoms with Crippen molar-refractivity contribution in [2.24, 2.45) is 0 Å². The summed E-state index contributed by atoms with van der Waals surface area (Å²) in [4.78, 5) is 32.4. The number of nitrogens with one attached hydrogen (secondary N) is 1. The Bertz CT molecular complexity index is 1090. The molecule has 0 spiro atoms. The van der Waals surface area contributed by atoms with Crippen molar-refractivity contribution in [3.63, 3.8) is 0 Å². The van der Waals surface area contributed by atoms with E-state index in [0.29, 0.717) is 24.2 Å². The molecule has 32 heavy (non-hydrogen) atoms. The van der Waals surface area contributed by atoms with Gasteiger partial charge in [0.15, 0.2) is 0 Å². The number of piperazine rings is 1. The maximum atomic E-state index is 12.4. The largest absolute Gasteiger partial charge is 0.326 e. The Kier molecular flexibility index (Phi) is 6.78. The fourth-order valence-corrected chi connectivity index (χ4v) is 5.03. The van der Waals surface area contributed by atoms with E-state index in [4.69, 9.17) is 4.98 Å². The Balaban J connectivity index is 1.24. The van der Waals surface area contributed by atoms with E-state index < -0.39 is 4.92 Å². The molecule has 2 aromatic carbocycles. The molecule has 0 bridgehead atoms. The van der Waals surface area contributed by atoms with Crippen molar-refractivity contribution in [3.05, 3.63) is 63.1 Å². The van der Waals surface area contributed by atoms with Crippen LogP contribution in [0.25, 0.3) is 10.2 Å². The van der Waals surface area contributed by atoms with E-state index in [1.807, 2.05) is 12.1 Å². The van der Waals surface area contributed by atoms with E-state index in [2.05, 4.69) is 34.2 Å². The molecule has 1 aromatic heterocycles. The van der Waals surface area contributed by atoms with Crippen molar-refractivity contribution in [2.75, 3.05) is 38.0 Å². The first kappa shape index (κ1) is 22.3. The second-order valence-corrected chi connectivity index (χ2v) is 9.19. The van der Waals surface area contributed by atoms with Crippen LogP contribution in [0, 0.1) is 17.0 Å². The van der Waals surface area contributed by atoms with E-state index in [0.717, 1.165) is 36.7 Å². The van der Waals surface area contributed by atoms with Crippen molar-refractivity contribution in [3.8, 4) is 0 Å². The maximum absolute atomic E-state index is 12.4. The number of aryl methyl sites for hydroxylation is 1. The van der Waals surface area contributed by atoms with Crippen molar-refractivity contribution >= 4 is 38.8 Å². The predicted molar refractivity (Wildman–Crippen MR) is 127 cm³/mol. The molecule has 1 amide bonds. The number of aromatic nitrogens is 1. The lowest BCUT2D eigenvalue weighted by Gasteiger charge is -2.37. The number of carbonyl (C=O) groups excluding carboxylic acids is 1. The topological polar surface area (TPSA) is 91.6 Å². The number of nitro benzene ring substituents is 1. The number of fused-ring (bicyclic) bond motifs is 1. The first-order valence-corrected chi connectivity index (χ1v) is 11.6. The molecule has 0 aliphatic carbocycles. The third-order valence-corrected chi connectivity index (χ3v) is 7.18. The van der Waals surface area contributed by atoms with Gasteiger partial charge in [-0.25, -0.2) is 4.98 Å². The number of carbonyl (C=O) groups is 1. The van der Waals surface area contributed by atoms with Crippen molar-refractivity contribution in [2.45, 2.75) is 26.3 Å². The molecular weight excluding hydrogens is 426 g/mol. The smallest absolute Gasteiger partial charge is 0.269 e. The highest BCUT2D eigenvalue weighted by Crippen LogP contribution is 2.30. The number of benzene rings is 2. The first-order chi connectivity index (χ1) is 15.4. The number of non-ortho nitro benzene ring substituents is 1. The van der Waals surface area contributed by atoms with Gasteiger partial charge in [0.05, 0.1) is 21.2 Å². The van der Waals surface area contributed by atoms with Crippen LogP contribution in [0.5, 0.6) is 0 Å². The number of nitro groups is 1. The molecule has 1 aliphatic heterocycles. The summed E-state index contributed by atoms with van der Waals surface area (Å²) in [6, 6.07) is 13.0. The van der Waals surface area contributed by atoms with Gasteiger partial charge in [0.25, 0.3) is 5.69 Å². The number of rotatable bonds is 7. The summed E-state index contributed by atoms with van der Waals surface area (Å²) in [7, 11) is 0. The van der Waals surface area contributed by atoms with Crippen molar-refractivity contribution in [1.29, 1.82) is 0 Å². The Hall–Kier alpha value is -2.88. The third-order valence-electron chi connectivity index (χ3n) is 5.97. The van der Waals surface area contributed by atoms with Crippen LogP contribution in [0.1, 0.15) is 30.0 Å². The molecule has 168 valence electrons. The summed E-state index contributed by atoms with van der Waals surface area (Å²) in [6.07, 6.45) is 0.393. The number of hydrogen-bond acceptors (Lipinski definition) is 7. The van der Waals surface area contributed by atoms with Crippen LogP contribution in [-0.2, 0) is 4.79 Å². The minimum absolute atomic E-state index is 0.0263. The molecule has 3 aromatic rings. The Morgan fingerprint density at radius 1 is 1.22 bits per heavy atom. The zero-order valence-corrected chi connectivity index (χ0v) is 19.1. The number of amides is 1. The van der Waals surface area contributed by atoms with E-state index in [9.17, 15) is 14.9 Å². The normalized spacial score (nSPS) is 16.2. The molecule has 2 heterocycles. The second kappa shape index (κ2) is 9.72. The monoisotopic (exact) mass is 453 g/mol. The van der Waals surface area contributed by atoms with Gasteiger partial charge in [-0.15, -0.1) is 11.3 Å². The minimum Gasteiger partial charge on any atom is -0.326 e. The van der Waals surface area contributed by atoms with Gasteiger partial charge in [-0.3, -0.25) is 19.8 Å². The Labute approximate surface area is 191 Å². The third kappa shape index (κ3) is 5.12. The molecule has 1 fully saturated rings. The average Bonchev–Trinajstić information content (AvgIpc) is 3.23. The Morgan fingerprint density at radius 2 is 1.97 bits per heavy atom. The highest BCUT2D eigenvalue weighted by atomic mass is 32.1. The number of para-hydroxylation sites is 1. The van der Waals surface area contributed by atoms with Gasteiger partial charge >= 0.3 is 0 Å². The van der Waals surface area contributed by atoms with Crippen LogP contribution in [0.4, 0.5) is 11.4 Å². The standard InChI is InChI=1S/C23H27N5O3S/c1-16-15-18(28(30)31)7-8-19(16)24-22(29)9-10-26-11-13-27(14-12-26)17(2)23-25-20-5-3-4-6-21(20)32-23/h3-8,15,17H,9-14H2,1-2H3,(H,24,29)/t17-/m0/s1. The maximum Gasteiger partial charge on any atom is 0.269 e. The van der Waals surface area contributed by atoms with Crippen LogP contribution in [-0.4, -0.2) is 58.3 Å². The molecule has 9 heteroatoms. The van der Waals surface area contributed by atoms with Crippen LogP contribution < -0.4 is 5.32 Å². The average molecular weight is 454 g/mol. The van der Waals surface area contributed by atoms with Crippen molar-refractivity contribution < 1.29 is 9.72 Å². The molecule has 1 N–H and O–H groups in total. The summed E-state index contributed by atoms with van der Waals surface area (Å²) >= 11 is 1.76. The van der Waals surface area contributed by atoms with Gasteiger partial charge in [-0.05, 0) is 37.6 Å². The quantitative estimate of drug-likeness (QED) is 0.425. The number of anilines is 1. The van der Waals surface area contributed by atoms with E-state index in [1.54, 1.807) is 24.3 Å². The van der Waals surface area contributed by atoms with Crippen molar-refractivity contribution in [1.82, 2.24) is 14.8 Å². The number of nitrogens with zero attached hydrogens (tertiary/aromatic N) is 4. The van der Waals surface area contributed by atoms with Crippen LogP contribution >= 0.6 is 11.3 Å². The summed E-state index contributed by atoms with van der Waals surface area (Å²) < 4.78 is 1.22. The Morgan fingerprint density at radius 3 is 2.66 bits per heavy atom. The van der Waals surface area contributed by atoms with Crippen LogP contribution in [0.2, 0.25) is 0 Å². The van der Waals surface area contributed by atoms with Crippen LogP contribution in [0.15, 0.2) is 42.5 Å². The van der Waals surface area contributed by atoms with Gasteiger partial charge in [0.2, 0.25) is 5.91 Å². The molecule has 1 atom stereocenters. The summed E-state index contributed by atoms with van der Waals surface area (Å²) in [5.74, 6) is -0.0766. The highest BCUT2D eigenvalue weighted by Gasteiger charge is 2.24. The SMILES string of the molecule is Cc1cc([N+](=O)[O-])ccc1NC(=O)CCN1CCN([C@@H](C)c2nc3ccccc3s2)CC1. The molecule has 0 saturated carbocycles. The molecule has 4 rings (SSSR count). The molecule has 0 unspecified atom stereocenters. The van der Waals surface area contributed by atoms with Gasteiger partial charge in [-0.1, -0.05) is 12.1 Å². The molecule has 8 nitrogen and oxygen atoms in total.